The molecule has 16 heavy (non-hydrogen) atoms. The zero-order valence-corrected chi connectivity index (χ0v) is 11.4. The van der Waals surface area contributed by atoms with Crippen molar-refractivity contribution in [1.29, 1.82) is 10.8 Å². The molecule has 88 valence electrons. The number of guanidine groups is 2. The van der Waals surface area contributed by atoms with E-state index in [0.717, 1.165) is 5.56 Å². The summed E-state index contributed by atoms with van der Waals surface area (Å²) in [5.41, 5.74) is 6.22. The van der Waals surface area contributed by atoms with Gasteiger partial charge in [0, 0.05) is 0 Å². The molecular formula is C9H13ClIN5. The number of nitrogens with one attached hydrogen (secondary N) is 3. The van der Waals surface area contributed by atoms with Gasteiger partial charge in [0.15, 0.2) is 5.96 Å². The summed E-state index contributed by atoms with van der Waals surface area (Å²) in [7, 11) is 0. The van der Waals surface area contributed by atoms with Gasteiger partial charge in [0.25, 0.3) is 0 Å². The molecule has 0 aliphatic carbocycles. The van der Waals surface area contributed by atoms with Crippen molar-refractivity contribution in [3.05, 3.63) is 35.9 Å². The van der Waals surface area contributed by atoms with Gasteiger partial charge in [-0.05, 0) is 5.56 Å². The first-order chi connectivity index (χ1) is 7.09. The molecule has 0 spiro atoms. The number of rotatable bonds is 2. The van der Waals surface area contributed by atoms with Crippen LogP contribution >= 0.6 is 35.3 Å². The Labute approximate surface area is 114 Å². The van der Waals surface area contributed by atoms with Crippen LogP contribution in [0.3, 0.4) is 0 Å². The molecule has 0 saturated carbocycles. The molecule has 0 atom stereocenters. The fourth-order valence-electron chi connectivity index (χ4n) is 1.01. The van der Waals surface area contributed by atoms with Crippen LogP contribution in [0.4, 0.5) is 0 Å². The van der Waals surface area contributed by atoms with E-state index in [-0.39, 0.29) is 24.3 Å². The number of nitrogens with zero attached hydrogens (tertiary/aromatic N) is 1. The minimum atomic E-state index is -0.227. The summed E-state index contributed by atoms with van der Waals surface area (Å²) in [5.74, 6) is -0.123. The Balaban J connectivity index is 0.00000225. The maximum absolute atomic E-state index is 7.56. The van der Waals surface area contributed by atoms with Gasteiger partial charge < -0.3 is 5.73 Å². The zero-order chi connectivity index (χ0) is 11.3. The van der Waals surface area contributed by atoms with E-state index in [9.17, 15) is 0 Å². The third-order valence-corrected chi connectivity index (χ3v) is 2.48. The van der Waals surface area contributed by atoms with Crippen LogP contribution in [0.5, 0.6) is 0 Å². The Bertz CT molecular complexity index is 356. The average molecular weight is 354 g/mol. The molecule has 0 heterocycles. The highest BCUT2D eigenvalue weighted by molar-refractivity contribution is 14.1. The molecule has 0 fully saturated rings. The van der Waals surface area contributed by atoms with Gasteiger partial charge in [0.1, 0.15) is 0 Å². The van der Waals surface area contributed by atoms with E-state index >= 15 is 0 Å². The second-order valence-corrected chi connectivity index (χ2v) is 4.06. The number of halogens is 2. The minimum absolute atomic E-state index is 0. The molecule has 7 heteroatoms. The molecule has 1 aromatic carbocycles. The van der Waals surface area contributed by atoms with E-state index in [1.807, 2.05) is 53.2 Å². The van der Waals surface area contributed by atoms with E-state index in [1.165, 1.54) is 0 Å². The second-order valence-electron chi connectivity index (χ2n) is 2.89. The van der Waals surface area contributed by atoms with Crippen molar-refractivity contribution in [3.63, 3.8) is 0 Å². The van der Waals surface area contributed by atoms with Crippen LogP contribution in [-0.4, -0.2) is 15.0 Å². The highest BCUT2D eigenvalue weighted by Gasteiger charge is 2.06. The van der Waals surface area contributed by atoms with Gasteiger partial charge in [0.05, 0.1) is 29.4 Å². The van der Waals surface area contributed by atoms with Crippen molar-refractivity contribution in [2.75, 3.05) is 0 Å². The predicted molar refractivity (Wildman–Crippen MR) is 76.0 cm³/mol. The van der Waals surface area contributed by atoms with Crippen LogP contribution in [0.2, 0.25) is 0 Å². The van der Waals surface area contributed by atoms with Crippen molar-refractivity contribution >= 4 is 47.2 Å². The summed E-state index contributed by atoms with van der Waals surface area (Å²) in [6.45, 7) is 0.598. The molecular weight excluding hydrogens is 340 g/mol. The lowest BCUT2D eigenvalue weighted by Crippen LogP contribution is -2.41. The van der Waals surface area contributed by atoms with Crippen LogP contribution in [-0.2, 0) is 6.54 Å². The van der Waals surface area contributed by atoms with Crippen LogP contribution < -0.4 is 11.1 Å². The molecule has 0 aliphatic heterocycles. The summed E-state index contributed by atoms with van der Waals surface area (Å²) < 4.78 is 1.65. The van der Waals surface area contributed by atoms with Crippen molar-refractivity contribution in [3.8, 4) is 0 Å². The Morgan fingerprint density at radius 3 is 2.38 bits per heavy atom. The van der Waals surface area contributed by atoms with Gasteiger partial charge in [0.2, 0.25) is 5.96 Å². The Morgan fingerprint density at radius 2 is 1.88 bits per heavy atom. The molecule has 0 unspecified atom stereocenters. The molecule has 0 radical (unpaired) electrons. The Hall–Kier alpha value is -1.02. The number of benzene rings is 1. The minimum Gasteiger partial charge on any atom is -0.370 e. The van der Waals surface area contributed by atoms with Gasteiger partial charge in [-0.25, -0.2) is 0 Å². The van der Waals surface area contributed by atoms with Crippen molar-refractivity contribution in [2.45, 2.75) is 6.54 Å². The van der Waals surface area contributed by atoms with E-state index < -0.39 is 0 Å². The molecule has 1 aromatic rings. The van der Waals surface area contributed by atoms with E-state index in [0.29, 0.717) is 6.54 Å². The topological polar surface area (TPSA) is 89.0 Å². The highest BCUT2D eigenvalue weighted by Crippen LogP contribution is 2.08. The third-order valence-electron chi connectivity index (χ3n) is 1.66. The zero-order valence-electron chi connectivity index (χ0n) is 8.40. The van der Waals surface area contributed by atoms with Crippen LogP contribution in [0.15, 0.2) is 30.3 Å². The maximum Gasteiger partial charge on any atom is 0.207 e. The molecule has 0 bridgehead atoms. The third kappa shape index (κ3) is 5.17. The lowest BCUT2D eigenvalue weighted by Gasteiger charge is -2.17. The summed E-state index contributed by atoms with van der Waals surface area (Å²) in [6, 6.07) is 9.79. The number of hydrogen-bond acceptors (Lipinski definition) is 2. The van der Waals surface area contributed by atoms with E-state index in [2.05, 4.69) is 5.32 Å². The molecule has 0 amide bonds. The quantitative estimate of drug-likeness (QED) is 0.282. The fraction of sp³-hybridized carbons (Fsp3) is 0.111. The molecule has 1 rings (SSSR count). The summed E-state index contributed by atoms with van der Waals surface area (Å²) in [4.78, 5) is 0. The molecule has 5 nitrogen and oxygen atoms in total. The first kappa shape index (κ1) is 15.0. The number of nitrogens with two attached hydrogens (primary N) is 1. The predicted octanol–water partition coefficient (Wildman–Crippen LogP) is 1.68. The molecule has 0 aromatic heterocycles. The van der Waals surface area contributed by atoms with Crippen LogP contribution in [0.1, 0.15) is 5.56 Å². The second kappa shape index (κ2) is 7.29. The Kier molecular flexibility index (Phi) is 6.82. The summed E-state index contributed by atoms with van der Waals surface area (Å²) in [6.07, 6.45) is 0. The average Bonchev–Trinajstić information content (AvgIpc) is 2.18. The molecule has 5 N–H and O–H groups in total. The largest absolute Gasteiger partial charge is 0.370 e. The Morgan fingerprint density at radius 1 is 1.31 bits per heavy atom. The molecule has 0 aliphatic rings. The SMILES string of the molecule is Cl.N=C(N)NC(=N)N(I)Cc1ccccc1. The van der Waals surface area contributed by atoms with Crippen LogP contribution in [0.25, 0.3) is 0 Å². The van der Waals surface area contributed by atoms with Gasteiger partial charge >= 0.3 is 0 Å². The normalized spacial score (nSPS) is 8.81. The number of hydrogen-bond donors (Lipinski definition) is 4. The highest BCUT2D eigenvalue weighted by atomic mass is 127. The van der Waals surface area contributed by atoms with Gasteiger partial charge in [-0.3, -0.25) is 19.2 Å². The van der Waals surface area contributed by atoms with Crippen molar-refractivity contribution in [2.24, 2.45) is 5.73 Å². The summed E-state index contributed by atoms with van der Waals surface area (Å²) >= 11 is 2.00. The fourth-order valence-corrected chi connectivity index (χ4v) is 1.53. The maximum atomic E-state index is 7.56. The van der Waals surface area contributed by atoms with Crippen molar-refractivity contribution in [1.82, 2.24) is 8.43 Å². The van der Waals surface area contributed by atoms with E-state index in [1.54, 1.807) is 3.11 Å². The monoisotopic (exact) mass is 353 g/mol. The smallest absolute Gasteiger partial charge is 0.207 e. The van der Waals surface area contributed by atoms with Crippen molar-refractivity contribution < 1.29 is 0 Å². The van der Waals surface area contributed by atoms with Gasteiger partial charge in [-0.2, -0.15) is 0 Å². The first-order valence-electron chi connectivity index (χ1n) is 4.26. The standard InChI is InChI=1S/C9H12IN5.ClH/c10-15(9(13)14-8(11)12)6-7-4-2-1-3-5-7;/h1-5H,6H2,(H5,11,12,13,14);1H. The van der Waals surface area contributed by atoms with Gasteiger partial charge in [-0.15, -0.1) is 12.4 Å². The molecule has 0 saturated heterocycles. The lowest BCUT2D eigenvalue weighted by molar-refractivity contribution is 0.692. The lowest BCUT2D eigenvalue weighted by atomic mass is 10.2. The summed E-state index contributed by atoms with van der Waals surface area (Å²) in [5, 5.41) is 17.0. The van der Waals surface area contributed by atoms with Gasteiger partial charge in [-0.1, -0.05) is 30.3 Å². The van der Waals surface area contributed by atoms with Crippen LogP contribution in [0, 0.1) is 10.8 Å². The first-order valence-corrected chi connectivity index (χ1v) is 5.23. The van der Waals surface area contributed by atoms with E-state index in [4.69, 9.17) is 16.6 Å².